The lowest BCUT2D eigenvalue weighted by molar-refractivity contribution is -0.163. The Hall–Kier alpha value is -0.570. The van der Waals surface area contributed by atoms with Gasteiger partial charge in [0.2, 0.25) is 0 Å². The lowest BCUT2D eigenvalue weighted by atomic mass is 9.62. The van der Waals surface area contributed by atoms with Crippen molar-refractivity contribution in [1.82, 2.24) is 5.32 Å². The molecule has 0 aromatic rings. The molecule has 0 bridgehead atoms. The number of ether oxygens (including phenoxy) is 1. The summed E-state index contributed by atoms with van der Waals surface area (Å²) >= 11 is 0. The van der Waals surface area contributed by atoms with Crippen LogP contribution in [0.1, 0.15) is 46.5 Å². The molecule has 0 aromatic heterocycles. The van der Waals surface area contributed by atoms with Crippen LogP contribution in [0.25, 0.3) is 0 Å². The van der Waals surface area contributed by atoms with Crippen LogP contribution in [0.4, 0.5) is 0 Å². The molecule has 2 aliphatic rings. The minimum atomic E-state index is -0.360. The van der Waals surface area contributed by atoms with Crippen molar-refractivity contribution in [2.75, 3.05) is 13.1 Å². The Bertz CT molecular complexity index is 276. The summed E-state index contributed by atoms with van der Waals surface area (Å²) in [6, 6.07) is 0. The van der Waals surface area contributed by atoms with E-state index in [1.54, 1.807) is 0 Å². The molecule has 92 valence electrons. The zero-order valence-corrected chi connectivity index (χ0v) is 10.6. The standard InChI is InChI=1S/C13H23NO2/c1-12(2,3)16-11(15)10-7-13(5-4-6-13)9-14-8-10/h10,14H,4-9H2,1-3H3. The molecule has 1 unspecified atom stereocenters. The van der Waals surface area contributed by atoms with Crippen molar-refractivity contribution in [2.24, 2.45) is 11.3 Å². The van der Waals surface area contributed by atoms with Gasteiger partial charge in [-0.15, -0.1) is 0 Å². The van der Waals surface area contributed by atoms with Crippen molar-refractivity contribution in [3.8, 4) is 0 Å². The molecule has 1 aliphatic heterocycles. The molecule has 0 amide bonds. The van der Waals surface area contributed by atoms with Crippen LogP contribution in [0.2, 0.25) is 0 Å². The van der Waals surface area contributed by atoms with E-state index in [9.17, 15) is 4.79 Å². The van der Waals surface area contributed by atoms with Crippen LogP contribution in [0.3, 0.4) is 0 Å². The first-order valence-corrected chi connectivity index (χ1v) is 6.34. The SMILES string of the molecule is CC(C)(C)OC(=O)C1CNCC2(CCC2)C1. The van der Waals surface area contributed by atoms with Gasteiger partial charge >= 0.3 is 5.97 Å². The fourth-order valence-corrected chi connectivity index (χ4v) is 2.79. The van der Waals surface area contributed by atoms with Gasteiger partial charge in [0.25, 0.3) is 0 Å². The Kier molecular flexibility index (Phi) is 2.99. The third kappa shape index (κ3) is 2.57. The summed E-state index contributed by atoms with van der Waals surface area (Å²) in [5, 5.41) is 3.39. The van der Waals surface area contributed by atoms with Gasteiger partial charge in [-0.25, -0.2) is 0 Å². The summed E-state index contributed by atoms with van der Waals surface area (Å²) < 4.78 is 5.46. The smallest absolute Gasteiger partial charge is 0.310 e. The van der Waals surface area contributed by atoms with E-state index in [0.717, 1.165) is 19.5 Å². The first-order valence-electron chi connectivity index (χ1n) is 6.34. The highest BCUT2D eigenvalue weighted by atomic mass is 16.6. The predicted octanol–water partition coefficient (Wildman–Crippen LogP) is 2.11. The fourth-order valence-electron chi connectivity index (χ4n) is 2.79. The number of hydrogen-bond donors (Lipinski definition) is 1. The van der Waals surface area contributed by atoms with Gasteiger partial charge in [-0.3, -0.25) is 4.79 Å². The van der Waals surface area contributed by atoms with Crippen molar-refractivity contribution >= 4 is 5.97 Å². The fraction of sp³-hybridized carbons (Fsp3) is 0.923. The topological polar surface area (TPSA) is 38.3 Å². The van der Waals surface area contributed by atoms with Crippen LogP contribution in [-0.2, 0) is 9.53 Å². The zero-order chi connectivity index (χ0) is 11.8. The van der Waals surface area contributed by atoms with E-state index in [1.165, 1.54) is 19.3 Å². The van der Waals surface area contributed by atoms with Crippen molar-refractivity contribution in [3.63, 3.8) is 0 Å². The van der Waals surface area contributed by atoms with E-state index in [4.69, 9.17) is 4.74 Å². The normalized spacial score (nSPS) is 28.6. The molecule has 3 heteroatoms. The van der Waals surface area contributed by atoms with Crippen LogP contribution in [0, 0.1) is 11.3 Å². The molecule has 1 saturated carbocycles. The highest BCUT2D eigenvalue weighted by Gasteiger charge is 2.43. The van der Waals surface area contributed by atoms with Crippen molar-refractivity contribution in [2.45, 2.75) is 52.1 Å². The lowest BCUT2D eigenvalue weighted by Crippen LogP contribution is -2.51. The van der Waals surface area contributed by atoms with Crippen molar-refractivity contribution in [1.29, 1.82) is 0 Å². The number of carbonyl (C=O) groups excluding carboxylic acids is 1. The second-order valence-electron chi connectivity index (χ2n) is 6.42. The Morgan fingerprint density at radius 3 is 2.56 bits per heavy atom. The average Bonchev–Trinajstić information content (AvgIpc) is 2.13. The Morgan fingerprint density at radius 1 is 1.38 bits per heavy atom. The highest BCUT2D eigenvalue weighted by molar-refractivity contribution is 5.73. The Labute approximate surface area is 97.9 Å². The van der Waals surface area contributed by atoms with Gasteiger partial charge in [-0.2, -0.15) is 0 Å². The van der Waals surface area contributed by atoms with E-state index >= 15 is 0 Å². The molecule has 2 rings (SSSR count). The zero-order valence-electron chi connectivity index (χ0n) is 10.6. The maximum absolute atomic E-state index is 12.0. The van der Waals surface area contributed by atoms with Crippen LogP contribution in [-0.4, -0.2) is 24.7 Å². The molecule has 0 radical (unpaired) electrons. The summed E-state index contributed by atoms with van der Waals surface area (Å²) in [5.74, 6) is 0.0410. The molecular weight excluding hydrogens is 202 g/mol. The number of piperidine rings is 1. The molecule has 1 saturated heterocycles. The van der Waals surface area contributed by atoms with E-state index < -0.39 is 0 Å². The van der Waals surface area contributed by atoms with Crippen LogP contribution in [0.5, 0.6) is 0 Å². The molecule has 3 nitrogen and oxygen atoms in total. The maximum Gasteiger partial charge on any atom is 0.310 e. The molecule has 1 heterocycles. The minimum absolute atomic E-state index is 0.0222. The van der Waals surface area contributed by atoms with Gasteiger partial charge < -0.3 is 10.1 Å². The van der Waals surface area contributed by atoms with Crippen LogP contribution < -0.4 is 5.32 Å². The summed E-state index contributed by atoms with van der Waals surface area (Å²) in [6.45, 7) is 7.67. The van der Waals surface area contributed by atoms with E-state index in [-0.39, 0.29) is 17.5 Å². The average molecular weight is 225 g/mol. The molecule has 1 N–H and O–H groups in total. The summed E-state index contributed by atoms with van der Waals surface area (Å²) in [5.41, 5.74) is 0.0567. The third-order valence-electron chi connectivity index (χ3n) is 3.72. The molecule has 0 aromatic carbocycles. The summed E-state index contributed by atoms with van der Waals surface area (Å²) in [7, 11) is 0. The van der Waals surface area contributed by atoms with Gasteiger partial charge in [0.05, 0.1) is 5.92 Å². The Morgan fingerprint density at radius 2 is 2.06 bits per heavy atom. The van der Waals surface area contributed by atoms with Gasteiger partial charge in [-0.05, 0) is 45.4 Å². The maximum atomic E-state index is 12.0. The molecule has 16 heavy (non-hydrogen) atoms. The number of esters is 1. The lowest BCUT2D eigenvalue weighted by Gasteiger charge is -2.47. The number of hydrogen-bond acceptors (Lipinski definition) is 3. The second kappa shape index (κ2) is 4.02. The number of nitrogens with one attached hydrogen (secondary N) is 1. The third-order valence-corrected chi connectivity index (χ3v) is 3.72. The first kappa shape index (κ1) is 11.9. The van der Waals surface area contributed by atoms with Crippen LogP contribution >= 0.6 is 0 Å². The monoisotopic (exact) mass is 225 g/mol. The van der Waals surface area contributed by atoms with E-state index in [2.05, 4.69) is 5.32 Å². The molecular formula is C13H23NO2. The highest BCUT2D eigenvalue weighted by Crippen LogP contribution is 2.47. The van der Waals surface area contributed by atoms with Crippen molar-refractivity contribution in [3.05, 3.63) is 0 Å². The quantitative estimate of drug-likeness (QED) is 0.695. The number of carbonyl (C=O) groups is 1. The van der Waals surface area contributed by atoms with Gasteiger partial charge in [0.1, 0.15) is 5.60 Å². The van der Waals surface area contributed by atoms with Gasteiger partial charge in [0.15, 0.2) is 0 Å². The summed E-state index contributed by atoms with van der Waals surface area (Å²) in [4.78, 5) is 12.0. The second-order valence-corrected chi connectivity index (χ2v) is 6.42. The molecule has 2 fully saturated rings. The van der Waals surface area contributed by atoms with Gasteiger partial charge in [0, 0.05) is 13.1 Å². The van der Waals surface area contributed by atoms with E-state index in [0.29, 0.717) is 5.41 Å². The summed E-state index contributed by atoms with van der Waals surface area (Å²) in [6.07, 6.45) is 4.90. The Balaban J connectivity index is 1.91. The first-order chi connectivity index (χ1) is 7.40. The van der Waals surface area contributed by atoms with Gasteiger partial charge in [-0.1, -0.05) is 6.42 Å². The molecule has 1 aliphatic carbocycles. The molecule has 1 atom stereocenters. The van der Waals surface area contributed by atoms with Crippen molar-refractivity contribution < 1.29 is 9.53 Å². The largest absolute Gasteiger partial charge is 0.460 e. The van der Waals surface area contributed by atoms with Crippen LogP contribution in [0.15, 0.2) is 0 Å². The predicted molar refractivity (Wildman–Crippen MR) is 63.1 cm³/mol. The minimum Gasteiger partial charge on any atom is -0.460 e. The number of rotatable bonds is 1. The van der Waals surface area contributed by atoms with E-state index in [1.807, 2.05) is 20.8 Å². The molecule has 1 spiro atoms.